The predicted molar refractivity (Wildman–Crippen MR) is 134 cm³/mol. The molecule has 3 fully saturated rings. The second-order valence-corrected chi connectivity index (χ2v) is 12.7. The molecule has 0 amide bonds. The van der Waals surface area contributed by atoms with Gasteiger partial charge in [0.15, 0.2) is 0 Å². The van der Waals surface area contributed by atoms with Crippen LogP contribution in [0.15, 0.2) is 15.7 Å². The molecule has 3 unspecified atom stereocenters. The molecule has 4 aliphatic rings. The quantitative estimate of drug-likeness (QED) is 0.700. The van der Waals surface area contributed by atoms with E-state index in [1.165, 1.54) is 24.8 Å². The second kappa shape index (κ2) is 7.75. The van der Waals surface area contributed by atoms with E-state index in [-0.39, 0.29) is 16.4 Å². The summed E-state index contributed by atoms with van der Waals surface area (Å²) in [4.78, 5) is 32.7. The van der Waals surface area contributed by atoms with Gasteiger partial charge in [0.1, 0.15) is 5.65 Å². The number of aromatic amines is 1. The van der Waals surface area contributed by atoms with Crippen molar-refractivity contribution in [2.45, 2.75) is 84.3 Å². The van der Waals surface area contributed by atoms with Crippen molar-refractivity contribution in [1.29, 1.82) is 0 Å². The van der Waals surface area contributed by atoms with Gasteiger partial charge in [-0.2, -0.15) is 0 Å². The summed E-state index contributed by atoms with van der Waals surface area (Å²) in [6.45, 7) is 7.65. The summed E-state index contributed by atoms with van der Waals surface area (Å²) in [5.74, 6) is 2.48. The van der Waals surface area contributed by atoms with E-state index in [0.717, 1.165) is 37.8 Å². The third-order valence-corrected chi connectivity index (χ3v) is 11.3. The molecule has 4 aliphatic carbocycles. The molecule has 190 valence electrons. The van der Waals surface area contributed by atoms with Crippen LogP contribution in [0.2, 0.25) is 0 Å². The van der Waals surface area contributed by atoms with Gasteiger partial charge in [0.2, 0.25) is 0 Å². The number of pyridine rings is 1. The number of H-pyrrole nitrogens is 1. The smallest absolute Gasteiger partial charge is 0.330 e. The maximum atomic E-state index is 12.8. The molecule has 3 saturated carbocycles. The predicted octanol–water partition coefficient (Wildman–Crippen LogP) is 3.44. The maximum absolute atomic E-state index is 12.8. The Kier molecular flexibility index (Phi) is 5.19. The molecule has 6 rings (SSSR count). The number of aromatic nitrogens is 3. The molecular weight excluding hydrogens is 442 g/mol. The van der Waals surface area contributed by atoms with E-state index in [9.17, 15) is 14.7 Å². The van der Waals surface area contributed by atoms with E-state index in [1.807, 2.05) is 6.07 Å². The Hall–Kier alpha value is -1.99. The van der Waals surface area contributed by atoms with E-state index in [4.69, 9.17) is 9.72 Å². The molecule has 0 bridgehead atoms. The van der Waals surface area contributed by atoms with E-state index in [0.29, 0.717) is 47.9 Å². The Labute approximate surface area is 206 Å². The van der Waals surface area contributed by atoms with Crippen molar-refractivity contribution in [2.24, 2.45) is 34.5 Å². The van der Waals surface area contributed by atoms with Crippen molar-refractivity contribution in [1.82, 2.24) is 14.5 Å². The summed E-state index contributed by atoms with van der Waals surface area (Å²) in [6, 6.07) is 2.01. The molecule has 7 atom stereocenters. The van der Waals surface area contributed by atoms with Crippen LogP contribution < -0.4 is 11.2 Å². The number of methoxy groups -OCH3 is 1. The molecule has 2 aromatic rings. The van der Waals surface area contributed by atoms with Crippen LogP contribution in [0.4, 0.5) is 0 Å². The van der Waals surface area contributed by atoms with E-state index >= 15 is 0 Å². The van der Waals surface area contributed by atoms with Gasteiger partial charge >= 0.3 is 5.69 Å². The first-order valence-electron chi connectivity index (χ1n) is 13.5. The number of fused-ring (bicyclic) bond motifs is 7. The first kappa shape index (κ1) is 23.4. The van der Waals surface area contributed by atoms with E-state index in [1.54, 1.807) is 11.7 Å². The fourth-order valence-electron chi connectivity index (χ4n) is 9.04. The topological polar surface area (TPSA) is 97.2 Å². The number of hydrogen-bond donors (Lipinski definition) is 2. The molecule has 0 aromatic carbocycles. The Morgan fingerprint density at radius 1 is 1.14 bits per heavy atom. The van der Waals surface area contributed by atoms with E-state index < -0.39 is 11.3 Å². The van der Waals surface area contributed by atoms with Gasteiger partial charge in [0.05, 0.1) is 24.1 Å². The minimum absolute atomic E-state index is 0.0286. The number of nitrogens with zero attached hydrogens (tertiary/aromatic N) is 2. The molecule has 7 heteroatoms. The van der Waals surface area contributed by atoms with Gasteiger partial charge in [-0.1, -0.05) is 13.8 Å². The van der Waals surface area contributed by atoms with Crippen molar-refractivity contribution in [3.63, 3.8) is 0 Å². The van der Waals surface area contributed by atoms with Crippen molar-refractivity contribution in [2.75, 3.05) is 13.7 Å². The van der Waals surface area contributed by atoms with Crippen LogP contribution in [0.5, 0.6) is 0 Å². The number of aliphatic hydroxyl groups is 1. The van der Waals surface area contributed by atoms with Gasteiger partial charge in [-0.3, -0.25) is 14.3 Å². The van der Waals surface area contributed by atoms with Crippen LogP contribution in [0.25, 0.3) is 11.0 Å². The van der Waals surface area contributed by atoms with Crippen molar-refractivity contribution in [3.8, 4) is 0 Å². The zero-order chi connectivity index (χ0) is 24.8. The van der Waals surface area contributed by atoms with Crippen LogP contribution >= 0.6 is 0 Å². The fourth-order valence-corrected chi connectivity index (χ4v) is 9.04. The molecule has 0 radical (unpaired) electrons. The highest BCUT2D eigenvalue weighted by Crippen LogP contribution is 2.67. The summed E-state index contributed by atoms with van der Waals surface area (Å²) in [5.41, 5.74) is 1.58. The number of hydrogen-bond acceptors (Lipinski definition) is 5. The molecule has 2 aromatic heterocycles. The SMILES string of the molecule is COCCn1c(=O)[nH]c(=O)c2cc3c(nc21)C[C@@H]1CCC2C4CC[C@](C)(O)[C@@]4(C)CCC2[C@@]1(C)C3. The minimum Gasteiger partial charge on any atom is -0.390 e. The van der Waals surface area contributed by atoms with Crippen molar-refractivity contribution < 1.29 is 9.84 Å². The van der Waals surface area contributed by atoms with Gasteiger partial charge in [-0.05, 0) is 104 Å². The lowest BCUT2D eigenvalue weighted by atomic mass is 9.44. The Bertz CT molecular complexity index is 1300. The highest BCUT2D eigenvalue weighted by molar-refractivity contribution is 5.75. The molecule has 0 spiro atoms. The number of rotatable bonds is 3. The number of nitrogens with one attached hydrogen (secondary N) is 1. The van der Waals surface area contributed by atoms with Crippen LogP contribution in [-0.4, -0.2) is 39.0 Å². The van der Waals surface area contributed by atoms with Gasteiger partial charge in [0, 0.05) is 12.8 Å². The molecule has 0 saturated heterocycles. The highest BCUT2D eigenvalue weighted by Gasteiger charge is 2.63. The Morgan fingerprint density at radius 3 is 2.69 bits per heavy atom. The van der Waals surface area contributed by atoms with Crippen LogP contribution in [0, 0.1) is 34.5 Å². The molecule has 2 heterocycles. The highest BCUT2D eigenvalue weighted by atomic mass is 16.5. The fraction of sp³-hybridized carbons (Fsp3) is 0.750. The zero-order valence-electron chi connectivity index (χ0n) is 21.5. The summed E-state index contributed by atoms with van der Waals surface area (Å²) in [5, 5.41) is 11.7. The third kappa shape index (κ3) is 3.19. The monoisotopic (exact) mass is 481 g/mol. The Balaban J connectivity index is 1.39. The summed E-state index contributed by atoms with van der Waals surface area (Å²) in [6.07, 6.45) is 8.62. The van der Waals surface area contributed by atoms with E-state index in [2.05, 4.69) is 25.8 Å². The van der Waals surface area contributed by atoms with Gasteiger partial charge in [-0.15, -0.1) is 0 Å². The second-order valence-electron chi connectivity index (χ2n) is 12.7. The lowest BCUT2D eigenvalue weighted by Crippen LogP contribution is -2.56. The average Bonchev–Trinajstić information content (AvgIpc) is 3.05. The number of ether oxygens (including phenoxy) is 1. The Morgan fingerprint density at radius 2 is 1.91 bits per heavy atom. The standard InChI is InChI=1S/C28H39N3O4/c1-26-15-16-13-19-23(31(11-12-35-4)25(33)30-24(19)32)29-22(16)14-17(26)5-6-18-20(26)7-9-27(2)21(18)8-10-28(27,3)34/h13,17-18,20-21,34H,5-12,14-15H2,1-4H3,(H,30,32,33)/t17-,18?,20?,21?,26-,27-,28-/m0/s1. The lowest BCUT2D eigenvalue weighted by molar-refractivity contribution is -0.139. The van der Waals surface area contributed by atoms with Crippen molar-refractivity contribution in [3.05, 3.63) is 38.2 Å². The van der Waals surface area contributed by atoms with Gasteiger partial charge in [-0.25, -0.2) is 9.78 Å². The summed E-state index contributed by atoms with van der Waals surface area (Å²) < 4.78 is 6.72. The third-order valence-electron chi connectivity index (χ3n) is 11.3. The van der Waals surface area contributed by atoms with Crippen LogP contribution in [-0.2, 0) is 24.1 Å². The van der Waals surface area contributed by atoms with Crippen molar-refractivity contribution >= 4 is 11.0 Å². The first-order chi connectivity index (χ1) is 16.6. The first-order valence-corrected chi connectivity index (χ1v) is 13.5. The normalized spacial score (nSPS) is 40.1. The molecule has 35 heavy (non-hydrogen) atoms. The van der Waals surface area contributed by atoms with Gasteiger partial charge in [0.25, 0.3) is 5.56 Å². The minimum atomic E-state index is -0.554. The largest absolute Gasteiger partial charge is 0.390 e. The average molecular weight is 482 g/mol. The molecular formula is C28H39N3O4. The molecule has 0 aliphatic heterocycles. The van der Waals surface area contributed by atoms with Crippen LogP contribution in [0.1, 0.15) is 70.6 Å². The van der Waals surface area contributed by atoms with Gasteiger partial charge < -0.3 is 9.84 Å². The maximum Gasteiger partial charge on any atom is 0.330 e. The molecule has 2 N–H and O–H groups in total. The molecule has 7 nitrogen and oxygen atoms in total. The summed E-state index contributed by atoms with van der Waals surface area (Å²) in [7, 11) is 1.60. The van der Waals surface area contributed by atoms with Crippen LogP contribution in [0.3, 0.4) is 0 Å². The lowest BCUT2D eigenvalue weighted by Gasteiger charge is -2.61. The summed E-state index contributed by atoms with van der Waals surface area (Å²) >= 11 is 0. The zero-order valence-corrected chi connectivity index (χ0v) is 21.5.